The molecule has 0 unspecified atom stereocenters. The van der Waals surface area contributed by atoms with E-state index >= 15 is 0 Å². The fourth-order valence-corrected chi connectivity index (χ4v) is 2.83. The summed E-state index contributed by atoms with van der Waals surface area (Å²) in [5.74, 6) is -2.03. The van der Waals surface area contributed by atoms with Crippen molar-refractivity contribution in [2.24, 2.45) is 0 Å². The molecule has 5 nitrogen and oxygen atoms in total. The normalized spacial score (nSPS) is 17.6. The molecule has 1 N–H and O–H groups in total. The standard InChI is InChI=1S/C17H23F2N3O2/c1-21(2)9-10-22-13(4-6-16(22)23)7-8-20-17(24)14-5-3-12(18)11-15(14)19/h3,5,11,13H,4,6-10H2,1-2H3,(H,20,24)/t13-/m0/s1. The summed E-state index contributed by atoms with van der Waals surface area (Å²) < 4.78 is 26.4. The Kier molecular flexibility index (Phi) is 6.25. The maximum absolute atomic E-state index is 13.6. The number of benzene rings is 1. The maximum Gasteiger partial charge on any atom is 0.254 e. The van der Waals surface area contributed by atoms with Gasteiger partial charge in [0.1, 0.15) is 11.6 Å². The molecule has 0 aliphatic carbocycles. The lowest BCUT2D eigenvalue weighted by Crippen LogP contribution is -2.40. The van der Waals surface area contributed by atoms with Crippen molar-refractivity contribution in [2.75, 3.05) is 33.7 Å². The van der Waals surface area contributed by atoms with Crippen molar-refractivity contribution in [3.05, 3.63) is 35.4 Å². The molecule has 1 aliphatic heterocycles. The second kappa shape index (κ2) is 8.19. The Morgan fingerprint density at radius 3 is 2.79 bits per heavy atom. The molecule has 0 radical (unpaired) electrons. The van der Waals surface area contributed by atoms with Crippen molar-refractivity contribution >= 4 is 11.8 Å². The molecule has 24 heavy (non-hydrogen) atoms. The predicted octanol–water partition coefficient (Wildman–Crippen LogP) is 1.64. The fraction of sp³-hybridized carbons (Fsp3) is 0.529. The van der Waals surface area contributed by atoms with Crippen LogP contribution in [0.15, 0.2) is 18.2 Å². The van der Waals surface area contributed by atoms with Crippen molar-refractivity contribution in [1.29, 1.82) is 0 Å². The molecule has 1 saturated heterocycles. The Labute approximate surface area is 140 Å². The van der Waals surface area contributed by atoms with Crippen LogP contribution in [0.4, 0.5) is 8.78 Å². The van der Waals surface area contributed by atoms with Crippen molar-refractivity contribution in [3.8, 4) is 0 Å². The summed E-state index contributed by atoms with van der Waals surface area (Å²) in [6, 6.07) is 2.96. The summed E-state index contributed by atoms with van der Waals surface area (Å²) in [6.07, 6.45) is 1.92. The molecule has 1 fully saturated rings. The molecule has 0 aromatic heterocycles. The van der Waals surface area contributed by atoms with E-state index in [2.05, 4.69) is 5.32 Å². The summed E-state index contributed by atoms with van der Waals surface area (Å²) in [7, 11) is 3.90. The SMILES string of the molecule is CN(C)CCN1C(=O)CC[C@H]1CCNC(=O)c1ccc(F)cc1F. The lowest BCUT2D eigenvalue weighted by molar-refractivity contribution is -0.129. The van der Waals surface area contributed by atoms with Gasteiger partial charge in [0, 0.05) is 38.2 Å². The van der Waals surface area contributed by atoms with Gasteiger partial charge in [0.05, 0.1) is 5.56 Å². The first-order valence-corrected chi connectivity index (χ1v) is 8.06. The van der Waals surface area contributed by atoms with E-state index in [0.29, 0.717) is 32.0 Å². The van der Waals surface area contributed by atoms with Crippen LogP contribution in [0.25, 0.3) is 0 Å². The first kappa shape index (κ1) is 18.3. The number of nitrogens with zero attached hydrogens (tertiary/aromatic N) is 2. The third-order valence-corrected chi connectivity index (χ3v) is 4.18. The Morgan fingerprint density at radius 1 is 1.38 bits per heavy atom. The van der Waals surface area contributed by atoms with Crippen LogP contribution in [0.1, 0.15) is 29.6 Å². The molecule has 1 aliphatic rings. The molecule has 1 heterocycles. The summed E-state index contributed by atoms with van der Waals surface area (Å²) in [5.41, 5.74) is -0.177. The molecule has 7 heteroatoms. The molecule has 0 saturated carbocycles. The zero-order chi connectivity index (χ0) is 17.7. The van der Waals surface area contributed by atoms with Crippen molar-refractivity contribution in [2.45, 2.75) is 25.3 Å². The first-order valence-electron chi connectivity index (χ1n) is 8.06. The number of carbonyl (C=O) groups excluding carboxylic acids is 2. The zero-order valence-electron chi connectivity index (χ0n) is 14.0. The van der Waals surface area contributed by atoms with Crippen LogP contribution in [0.3, 0.4) is 0 Å². The van der Waals surface area contributed by atoms with Crippen LogP contribution in [-0.2, 0) is 4.79 Å². The molecule has 2 amide bonds. The van der Waals surface area contributed by atoms with Gasteiger partial charge in [-0.25, -0.2) is 8.78 Å². The van der Waals surface area contributed by atoms with Gasteiger partial charge in [-0.1, -0.05) is 0 Å². The van der Waals surface area contributed by atoms with Gasteiger partial charge in [-0.3, -0.25) is 9.59 Å². The molecule has 1 aromatic carbocycles. The van der Waals surface area contributed by atoms with E-state index in [1.165, 1.54) is 0 Å². The number of likely N-dealkylation sites (N-methyl/N-ethyl adjacent to an activating group) is 1. The maximum atomic E-state index is 13.6. The number of amides is 2. The Morgan fingerprint density at radius 2 is 2.12 bits per heavy atom. The Balaban J connectivity index is 1.84. The number of nitrogens with one attached hydrogen (secondary N) is 1. The lowest BCUT2D eigenvalue weighted by atomic mass is 10.1. The van der Waals surface area contributed by atoms with Crippen LogP contribution in [0.2, 0.25) is 0 Å². The average Bonchev–Trinajstić information content (AvgIpc) is 2.85. The average molecular weight is 339 g/mol. The highest BCUT2D eigenvalue weighted by Gasteiger charge is 2.30. The molecule has 2 rings (SSSR count). The van der Waals surface area contributed by atoms with Gasteiger partial charge in [0.2, 0.25) is 5.91 Å². The predicted molar refractivity (Wildman–Crippen MR) is 86.6 cm³/mol. The largest absolute Gasteiger partial charge is 0.352 e. The number of likely N-dealkylation sites (tertiary alicyclic amines) is 1. The van der Waals surface area contributed by atoms with Gasteiger partial charge in [-0.15, -0.1) is 0 Å². The summed E-state index contributed by atoms with van der Waals surface area (Å²) in [5, 5.41) is 2.64. The molecular weight excluding hydrogens is 316 g/mol. The van der Waals surface area contributed by atoms with Gasteiger partial charge >= 0.3 is 0 Å². The van der Waals surface area contributed by atoms with E-state index in [4.69, 9.17) is 0 Å². The fourth-order valence-electron chi connectivity index (χ4n) is 2.83. The number of hydrogen-bond acceptors (Lipinski definition) is 3. The smallest absolute Gasteiger partial charge is 0.254 e. The zero-order valence-corrected chi connectivity index (χ0v) is 14.0. The molecular formula is C17H23F2N3O2. The monoisotopic (exact) mass is 339 g/mol. The lowest BCUT2D eigenvalue weighted by Gasteiger charge is -2.26. The van der Waals surface area contributed by atoms with E-state index in [9.17, 15) is 18.4 Å². The Bertz CT molecular complexity index is 607. The van der Waals surface area contributed by atoms with Gasteiger partial charge in [-0.2, -0.15) is 0 Å². The van der Waals surface area contributed by atoms with Crippen molar-refractivity contribution in [1.82, 2.24) is 15.1 Å². The van der Waals surface area contributed by atoms with E-state index in [1.807, 2.05) is 23.9 Å². The number of rotatable bonds is 7. The second-order valence-corrected chi connectivity index (χ2v) is 6.25. The number of carbonyl (C=O) groups is 2. The summed E-state index contributed by atoms with van der Waals surface area (Å²) >= 11 is 0. The van der Waals surface area contributed by atoms with Gasteiger partial charge in [-0.05, 0) is 39.1 Å². The van der Waals surface area contributed by atoms with Gasteiger partial charge in [0.15, 0.2) is 0 Å². The minimum atomic E-state index is -0.879. The van der Waals surface area contributed by atoms with Gasteiger partial charge < -0.3 is 15.1 Å². The number of halogens is 2. The van der Waals surface area contributed by atoms with E-state index < -0.39 is 17.5 Å². The van der Waals surface area contributed by atoms with E-state index in [1.54, 1.807) is 0 Å². The van der Waals surface area contributed by atoms with Crippen LogP contribution in [-0.4, -0.2) is 61.4 Å². The highest BCUT2D eigenvalue weighted by molar-refractivity contribution is 5.94. The quantitative estimate of drug-likeness (QED) is 0.822. The minimum Gasteiger partial charge on any atom is -0.352 e. The molecule has 1 aromatic rings. The molecule has 1 atom stereocenters. The second-order valence-electron chi connectivity index (χ2n) is 6.25. The van der Waals surface area contributed by atoms with Gasteiger partial charge in [0.25, 0.3) is 5.91 Å². The summed E-state index contributed by atoms with van der Waals surface area (Å²) in [6.45, 7) is 1.79. The molecule has 132 valence electrons. The van der Waals surface area contributed by atoms with Crippen LogP contribution in [0, 0.1) is 11.6 Å². The Hall–Kier alpha value is -2.02. The third-order valence-electron chi connectivity index (χ3n) is 4.18. The van der Waals surface area contributed by atoms with Crippen LogP contribution in [0.5, 0.6) is 0 Å². The minimum absolute atomic E-state index is 0.0933. The highest BCUT2D eigenvalue weighted by atomic mass is 19.1. The summed E-state index contributed by atoms with van der Waals surface area (Å²) in [4.78, 5) is 27.7. The van der Waals surface area contributed by atoms with E-state index in [0.717, 1.165) is 25.1 Å². The molecule has 0 bridgehead atoms. The third kappa shape index (κ3) is 4.74. The number of hydrogen-bond donors (Lipinski definition) is 1. The van der Waals surface area contributed by atoms with Crippen molar-refractivity contribution in [3.63, 3.8) is 0 Å². The van der Waals surface area contributed by atoms with E-state index in [-0.39, 0.29) is 17.5 Å². The van der Waals surface area contributed by atoms with Crippen molar-refractivity contribution < 1.29 is 18.4 Å². The first-order chi connectivity index (χ1) is 11.4. The highest BCUT2D eigenvalue weighted by Crippen LogP contribution is 2.20. The van der Waals surface area contributed by atoms with Crippen LogP contribution >= 0.6 is 0 Å². The topological polar surface area (TPSA) is 52.6 Å². The van der Waals surface area contributed by atoms with Crippen LogP contribution < -0.4 is 5.32 Å². The molecule has 0 spiro atoms.